The van der Waals surface area contributed by atoms with E-state index in [1.54, 1.807) is 0 Å². The van der Waals surface area contributed by atoms with Crippen molar-refractivity contribution in [1.82, 2.24) is 4.98 Å². The van der Waals surface area contributed by atoms with Crippen molar-refractivity contribution in [2.24, 2.45) is 5.92 Å². The molecule has 0 amide bonds. The molecule has 5 heteroatoms. The van der Waals surface area contributed by atoms with Gasteiger partial charge in [-0.25, -0.2) is 0 Å². The number of nitrogens with zero attached hydrogens (tertiary/aromatic N) is 1. The first-order valence-corrected chi connectivity index (χ1v) is 10.5. The van der Waals surface area contributed by atoms with Gasteiger partial charge in [0.05, 0.1) is 5.92 Å². The lowest BCUT2D eigenvalue weighted by Gasteiger charge is -2.14. The van der Waals surface area contributed by atoms with Crippen LogP contribution in [0.1, 0.15) is 41.1 Å². The zero-order valence-corrected chi connectivity index (χ0v) is 17.1. The van der Waals surface area contributed by atoms with Crippen molar-refractivity contribution < 1.29 is 9.90 Å². The zero-order valence-electron chi connectivity index (χ0n) is 15.4. The molecule has 3 nitrogen and oxygen atoms in total. The average Bonchev–Trinajstić information content (AvgIpc) is 3.44. The van der Waals surface area contributed by atoms with Crippen LogP contribution in [0, 0.1) is 5.92 Å². The Hall–Kier alpha value is -2.04. The molecule has 1 unspecified atom stereocenters. The SMILES string of the molecule is Cl.O=C(O)C1Cc2cc3cnc(C4CC4)cc3c(SCc3ccccc3)c2C1. The number of carboxylic acids is 1. The number of carboxylic acid groups (broad SMARTS) is 1. The van der Waals surface area contributed by atoms with Crippen molar-refractivity contribution in [2.45, 2.75) is 42.2 Å². The van der Waals surface area contributed by atoms with Crippen molar-refractivity contribution in [3.8, 4) is 0 Å². The van der Waals surface area contributed by atoms with Gasteiger partial charge in [-0.3, -0.25) is 9.78 Å². The van der Waals surface area contributed by atoms with E-state index < -0.39 is 5.97 Å². The number of fused-ring (bicyclic) bond motifs is 2. The first-order chi connectivity index (χ1) is 13.2. The molecule has 5 rings (SSSR count). The second-order valence-electron chi connectivity index (χ2n) is 7.67. The van der Waals surface area contributed by atoms with Crippen molar-refractivity contribution >= 4 is 40.9 Å². The molecule has 28 heavy (non-hydrogen) atoms. The van der Waals surface area contributed by atoms with Gasteiger partial charge in [-0.1, -0.05) is 30.3 Å². The van der Waals surface area contributed by atoms with E-state index in [0.29, 0.717) is 18.8 Å². The number of hydrogen-bond acceptors (Lipinski definition) is 3. The number of aromatic nitrogens is 1. The molecule has 0 aliphatic heterocycles. The van der Waals surface area contributed by atoms with Gasteiger partial charge in [0, 0.05) is 33.8 Å². The number of benzene rings is 2. The van der Waals surface area contributed by atoms with Crippen molar-refractivity contribution in [3.05, 3.63) is 71.0 Å². The van der Waals surface area contributed by atoms with Gasteiger partial charge in [0.25, 0.3) is 0 Å². The van der Waals surface area contributed by atoms with Crippen LogP contribution in [0.25, 0.3) is 10.8 Å². The summed E-state index contributed by atoms with van der Waals surface area (Å²) in [6.45, 7) is 0. The molecule has 1 fully saturated rings. The summed E-state index contributed by atoms with van der Waals surface area (Å²) < 4.78 is 0. The predicted molar refractivity (Wildman–Crippen MR) is 116 cm³/mol. The number of halogens is 1. The fourth-order valence-corrected chi connectivity index (χ4v) is 5.26. The van der Waals surface area contributed by atoms with E-state index in [9.17, 15) is 9.90 Å². The van der Waals surface area contributed by atoms with Crippen LogP contribution in [-0.4, -0.2) is 16.1 Å². The molecule has 1 aromatic heterocycles. The normalized spacial score (nSPS) is 17.9. The minimum absolute atomic E-state index is 0. The minimum atomic E-state index is -0.689. The van der Waals surface area contributed by atoms with Crippen LogP contribution in [0.2, 0.25) is 0 Å². The number of carbonyl (C=O) groups is 1. The Bertz CT molecular complexity index is 1030. The lowest BCUT2D eigenvalue weighted by atomic mass is 10.0. The summed E-state index contributed by atoms with van der Waals surface area (Å²) in [6, 6.07) is 14.9. The number of aliphatic carboxylic acids is 1. The third-order valence-corrected chi connectivity index (χ3v) is 6.91. The molecular weight excluding hydrogens is 390 g/mol. The zero-order chi connectivity index (χ0) is 18.4. The van der Waals surface area contributed by atoms with Gasteiger partial charge in [-0.15, -0.1) is 24.2 Å². The number of rotatable bonds is 5. The maximum atomic E-state index is 11.6. The van der Waals surface area contributed by atoms with Gasteiger partial charge in [0.1, 0.15) is 0 Å². The van der Waals surface area contributed by atoms with Crippen LogP contribution in [0.15, 0.2) is 53.6 Å². The fourth-order valence-electron chi connectivity index (χ4n) is 4.04. The second kappa shape index (κ2) is 7.76. The van der Waals surface area contributed by atoms with E-state index in [0.717, 1.165) is 11.1 Å². The molecule has 144 valence electrons. The molecule has 0 radical (unpaired) electrons. The lowest BCUT2D eigenvalue weighted by molar-refractivity contribution is -0.141. The van der Waals surface area contributed by atoms with Gasteiger partial charge < -0.3 is 5.11 Å². The van der Waals surface area contributed by atoms with E-state index >= 15 is 0 Å². The van der Waals surface area contributed by atoms with Gasteiger partial charge in [-0.2, -0.15) is 0 Å². The predicted octanol–water partition coefficient (Wildman–Crippen LogP) is 5.63. The summed E-state index contributed by atoms with van der Waals surface area (Å²) >= 11 is 1.84. The third kappa shape index (κ3) is 3.63. The summed E-state index contributed by atoms with van der Waals surface area (Å²) in [5.41, 5.74) is 4.91. The Morgan fingerprint density at radius 2 is 1.93 bits per heavy atom. The summed E-state index contributed by atoms with van der Waals surface area (Å²) in [5, 5.41) is 11.9. The molecular formula is C23H22ClNO2S. The first-order valence-electron chi connectivity index (χ1n) is 9.53. The molecule has 2 aliphatic rings. The Labute approximate surface area is 175 Å². The maximum absolute atomic E-state index is 11.6. The van der Waals surface area contributed by atoms with Crippen LogP contribution in [0.4, 0.5) is 0 Å². The molecule has 0 spiro atoms. The number of thioether (sulfide) groups is 1. The van der Waals surface area contributed by atoms with Crippen LogP contribution < -0.4 is 0 Å². The van der Waals surface area contributed by atoms with E-state index in [2.05, 4.69) is 41.4 Å². The van der Waals surface area contributed by atoms with Gasteiger partial charge >= 0.3 is 5.97 Å². The van der Waals surface area contributed by atoms with Crippen LogP contribution in [-0.2, 0) is 23.4 Å². The van der Waals surface area contributed by atoms with E-state index in [1.165, 1.54) is 45.5 Å². The largest absolute Gasteiger partial charge is 0.481 e. The molecule has 3 aromatic rings. The summed E-state index contributed by atoms with van der Waals surface area (Å²) in [7, 11) is 0. The Kier molecular flexibility index (Phi) is 5.35. The summed E-state index contributed by atoms with van der Waals surface area (Å²) in [4.78, 5) is 17.5. The van der Waals surface area contributed by atoms with E-state index in [1.807, 2.05) is 24.0 Å². The smallest absolute Gasteiger partial charge is 0.307 e. The van der Waals surface area contributed by atoms with Crippen molar-refractivity contribution in [2.75, 3.05) is 0 Å². The molecule has 1 atom stereocenters. The molecule has 1 heterocycles. The molecule has 1 N–H and O–H groups in total. The Morgan fingerprint density at radius 3 is 2.64 bits per heavy atom. The highest BCUT2D eigenvalue weighted by molar-refractivity contribution is 7.98. The van der Waals surface area contributed by atoms with Gasteiger partial charge in [-0.05, 0) is 59.9 Å². The molecule has 1 saturated carbocycles. The highest BCUT2D eigenvalue weighted by Gasteiger charge is 2.31. The highest BCUT2D eigenvalue weighted by Crippen LogP contribution is 2.44. The Morgan fingerprint density at radius 1 is 1.14 bits per heavy atom. The standard InChI is InChI=1S/C23H21NO2S.ClH/c25-23(26)17-8-16-9-18-12-24-21(15-6-7-15)11-20(18)22(19(16)10-17)27-13-14-4-2-1-3-5-14;/h1-5,9,11-12,15,17H,6-8,10,13H2,(H,25,26);1H. The van der Waals surface area contributed by atoms with E-state index in [-0.39, 0.29) is 18.3 Å². The molecule has 0 bridgehead atoms. The number of hydrogen-bond donors (Lipinski definition) is 1. The molecule has 0 saturated heterocycles. The maximum Gasteiger partial charge on any atom is 0.307 e. The van der Waals surface area contributed by atoms with E-state index in [4.69, 9.17) is 0 Å². The molecule has 2 aliphatic carbocycles. The van der Waals surface area contributed by atoms with Crippen molar-refractivity contribution in [3.63, 3.8) is 0 Å². The minimum Gasteiger partial charge on any atom is -0.481 e. The average molecular weight is 412 g/mol. The highest BCUT2D eigenvalue weighted by atomic mass is 35.5. The lowest BCUT2D eigenvalue weighted by Crippen LogP contribution is -2.12. The monoisotopic (exact) mass is 411 g/mol. The van der Waals surface area contributed by atoms with Gasteiger partial charge in [0.15, 0.2) is 0 Å². The van der Waals surface area contributed by atoms with Crippen molar-refractivity contribution in [1.29, 1.82) is 0 Å². The molecule has 2 aromatic carbocycles. The Balaban J connectivity index is 0.00000192. The fraction of sp³-hybridized carbons (Fsp3) is 0.304. The third-order valence-electron chi connectivity index (χ3n) is 5.68. The summed E-state index contributed by atoms with van der Waals surface area (Å²) in [6.07, 6.45) is 5.72. The summed E-state index contributed by atoms with van der Waals surface area (Å²) in [5.74, 6) is 0.516. The van der Waals surface area contributed by atoms with Crippen LogP contribution in [0.3, 0.4) is 0 Å². The topological polar surface area (TPSA) is 50.2 Å². The second-order valence-corrected chi connectivity index (χ2v) is 8.65. The van der Waals surface area contributed by atoms with Gasteiger partial charge in [0.2, 0.25) is 0 Å². The van der Waals surface area contributed by atoms with Crippen LogP contribution in [0.5, 0.6) is 0 Å². The quantitative estimate of drug-likeness (QED) is 0.553. The first kappa shape index (κ1) is 19.3. The number of pyridine rings is 1. The van der Waals surface area contributed by atoms with Crippen LogP contribution >= 0.6 is 24.2 Å².